The molecule has 0 bridgehead atoms. The zero-order valence-electron chi connectivity index (χ0n) is 11.8. The molecule has 0 aliphatic carbocycles. The van der Waals surface area contributed by atoms with Gasteiger partial charge in [0.1, 0.15) is 5.76 Å². The van der Waals surface area contributed by atoms with Gasteiger partial charge in [-0.25, -0.2) is 4.79 Å². The molecule has 102 valence electrons. The van der Waals surface area contributed by atoms with Gasteiger partial charge in [-0.1, -0.05) is 52.0 Å². The number of benzene rings is 1. The highest BCUT2D eigenvalue weighted by atomic mass is 16.4. The number of carbonyl (C=O) groups is 1. The van der Waals surface area contributed by atoms with E-state index in [9.17, 15) is 4.79 Å². The van der Waals surface area contributed by atoms with Crippen LogP contribution >= 0.6 is 0 Å². The average molecular weight is 260 g/mol. The van der Waals surface area contributed by atoms with Crippen molar-refractivity contribution in [2.75, 3.05) is 0 Å². The van der Waals surface area contributed by atoms with Gasteiger partial charge in [-0.3, -0.25) is 0 Å². The molecule has 3 heteroatoms. The molecule has 0 aliphatic rings. The summed E-state index contributed by atoms with van der Waals surface area (Å²) in [5.41, 5.74) is 2.14. The molecule has 1 aromatic carbocycles. The summed E-state index contributed by atoms with van der Waals surface area (Å²) in [6, 6.07) is 11.1. The number of carboxylic acids is 1. The van der Waals surface area contributed by atoms with Crippen LogP contribution in [0.25, 0.3) is 11.3 Å². The van der Waals surface area contributed by atoms with E-state index in [1.165, 1.54) is 11.6 Å². The van der Waals surface area contributed by atoms with E-state index in [4.69, 9.17) is 9.52 Å². The molecule has 2 aromatic rings. The highest BCUT2D eigenvalue weighted by Crippen LogP contribution is 2.24. The zero-order valence-corrected chi connectivity index (χ0v) is 11.8. The van der Waals surface area contributed by atoms with Gasteiger partial charge in [0.2, 0.25) is 5.76 Å². The van der Waals surface area contributed by atoms with Gasteiger partial charge in [-0.2, -0.15) is 0 Å². The SMILES string of the molecule is CC.CC(C)c1ccc(-c2ccc(C(=O)O)o2)cc1. The van der Waals surface area contributed by atoms with Crippen molar-refractivity contribution in [2.24, 2.45) is 0 Å². The summed E-state index contributed by atoms with van der Waals surface area (Å²) in [7, 11) is 0. The Morgan fingerprint density at radius 2 is 1.63 bits per heavy atom. The summed E-state index contributed by atoms with van der Waals surface area (Å²) >= 11 is 0. The molecule has 3 nitrogen and oxygen atoms in total. The summed E-state index contributed by atoms with van der Waals surface area (Å²) in [4.78, 5) is 10.7. The van der Waals surface area contributed by atoms with E-state index in [-0.39, 0.29) is 5.76 Å². The zero-order chi connectivity index (χ0) is 14.4. The third-order valence-corrected chi connectivity index (χ3v) is 2.68. The standard InChI is InChI=1S/C14H14O3.C2H6/c1-9(2)10-3-5-11(6-4-10)12-7-8-13(17-12)14(15)16;1-2/h3-9H,1-2H3,(H,15,16);1-2H3. The normalized spacial score (nSPS) is 9.95. The molecule has 1 N–H and O–H groups in total. The van der Waals surface area contributed by atoms with Crippen LogP contribution in [0.2, 0.25) is 0 Å². The number of hydrogen-bond acceptors (Lipinski definition) is 2. The van der Waals surface area contributed by atoms with Crippen LogP contribution in [0.15, 0.2) is 40.8 Å². The first kappa shape index (κ1) is 15.0. The van der Waals surface area contributed by atoms with E-state index in [1.54, 1.807) is 6.07 Å². The first-order valence-corrected chi connectivity index (χ1v) is 6.51. The summed E-state index contributed by atoms with van der Waals surface area (Å²) in [5.74, 6) is -0.0177. The van der Waals surface area contributed by atoms with Crippen molar-refractivity contribution in [1.82, 2.24) is 0 Å². The minimum Gasteiger partial charge on any atom is -0.475 e. The predicted molar refractivity (Wildman–Crippen MR) is 76.5 cm³/mol. The molecular weight excluding hydrogens is 240 g/mol. The van der Waals surface area contributed by atoms with E-state index < -0.39 is 5.97 Å². The Kier molecular flexibility index (Phi) is 5.37. The second-order valence-corrected chi connectivity index (χ2v) is 4.25. The molecule has 19 heavy (non-hydrogen) atoms. The van der Waals surface area contributed by atoms with Crippen molar-refractivity contribution >= 4 is 5.97 Å². The molecule has 0 aliphatic heterocycles. The van der Waals surface area contributed by atoms with Crippen LogP contribution in [0, 0.1) is 0 Å². The van der Waals surface area contributed by atoms with Gasteiger partial charge in [0, 0.05) is 5.56 Å². The minimum absolute atomic E-state index is 0.0343. The summed E-state index contributed by atoms with van der Waals surface area (Å²) < 4.78 is 5.23. The van der Waals surface area contributed by atoms with Crippen LogP contribution in [0.4, 0.5) is 0 Å². The lowest BCUT2D eigenvalue weighted by Crippen LogP contribution is -1.91. The fourth-order valence-electron chi connectivity index (χ4n) is 1.64. The monoisotopic (exact) mass is 260 g/mol. The van der Waals surface area contributed by atoms with Crippen molar-refractivity contribution in [3.8, 4) is 11.3 Å². The maximum Gasteiger partial charge on any atom is 0.371 e. The number of rotatable bonds is 3. The van der Waals surface area contributed by atoms with E-state index >= 15 is 0 Å². The fraction of sp³-hybridized carbons (Fsp3) is 0.312. The third-order valence-electron chi connectivity index (χ3n) is 2.68. The number of aromatic carboxylic acids is 1. The Labute approximate surface area is 113 Å². The van der Waals surface area contributed by atoms with Gasteiger partial charge >= 0.3 is 5.97 Å². The molecule has 0 radical (unpaired) electrons. The third kappa shape index (κ3) is 3.71. The van der Waals surface area contributed by atoms with Crippen LogP contribution in [0.5, 0.6) is 0 Å². The molecule has 0 fully saturated rings. The molecule has 0 spiro atoms. The lowest BCUT2D eigenvalue weighted by Gasteiger charge is -2.05. The molecule has 0 saturated heterocycles. The highest BCUT2D eigenvalue weighted by Gasteiger charge is 2.10. The van der Waals surface area contributed by atoms with Crippen molar-refractivity contribution in [3.05, 3.63) is 47.7 Å². The largest absolute Gasteiger partial charge is 0.475 e. The summed E-state index contributed by atoms with van der Waals surface area (Å²) in [6.07, 6.45) is 0. The Balaban J connectivity index is 0.000000861. The second kappa shape index (κ2) is 6.78. The lowest BCUT2D eigenvalue weighted by atomic mass is 10.0. The van der Waals surface area contributed by atoms with Gasteiger partial charge in [-0.15, -0.1) is 0 Å². The molecule has 0 atom stereocenters. The van der Waals surface area contributed by atoms with Crippen molar-refractivity contribution < 1.29 is 14.3 Å². The van der Waals surface area contributed by atoms with Crippen LogP contribution in [0.3, 0.4) is 0 Å². The fourth-order valence-corrected chi connectivity index (χ4v) is 1.64. The smallest absolute Gasteiger partial charge is 0.371 e. The van der Waals surface area contributed by atoms with Gasteiger partial charge in [-0.05, 0) is 23.6 Å². The van der Waals surface area contributed by atoms with Crippen LogP contribution in [-0.4, -0.2) is 11.1 Å². The Hall–Kier alpha value is -2.03. The minimum atomic E-state index is -1.05. The topological polar surface area (TPSA) is 50.4 Å². The van der Waals surface area contributed by atoms with Gasteiger partial charge in [0.25, 0.3) is 0 Å². The van der Waals surface area contributed by atoms with Crippen molar-refractivity contribution in [1.29, 1.82) is 0 Å². The Bertz CT molecular complexity index is 521. The van der Waals surface area contributed by atoms with Crippen molar-refractivity contribution in [3.63, 3.8) is 0 Å². The van der Waals surface area contributed by atoms with E-state index in [2.05, 4.69) is 13.8 Å². The molecule has 2 rings (SSSR count). The van der Waals surface area contributed by atoms with Gasteiger partial charge in [0.15, 0.2) is 0 Å². The Morgan fingerprint density at radius 3 is 2.05 bits per heavy atom. The average Bonchev–Trinajstić information content (AvgIpc) is 2.91. The highest BCUT2D eigenvalue weighted by molar-refractivity contribution is 5.85. The first-order valence-electron chi connectivity index (χ1n) is 6.51. The molecule has 0 unspecified atom stereocenters. The number of hydrogen-bond donors (Lipinski definition) is 1. The molecule has 1 aromatic heterocycles. The molecule has 0 amide bonds. The van der Waals surface area contributed by atoms with E-state index in [1.807, 2.05) is 38.1 Å². The number of furan rings is 1. The molecule has 1 heterocycles. The first-order chi connectivity index (χ1) is 9.08. The summed E-state index contributed by atoms with van der Waals surface area (Å²) in [5, 5.41) is 8.77. The van der Waals surface area contributed by atoms with E-state index in [0.29, 0.717) is 11.7 Å². The summed E-state index contributed by atoms with van der Waals surface area (Å²) in [6.45, 7) is 8.26. The van der Waals surface area contributed by atoms with Gasteiger partial charge < -0.3 is 9.52 Å². The van der Waals surface area contributed by atoms with E-state index in [0.717, 1.165) is 5.56 Å². The maximum absolute atomic E-state index is 10.7. The number of carboxylic acid groups (broad SMARTS) is 1. The lowest BCUT2D eigenvalue weighted by molar-refractivity contribution is 0.0663. The van der Waals surface area contributed by atoms with Crippen LogP contribution in [-0.2, 0) is 0 Å². The van der Waals surface area contributed by atoms with Crippen LogP contribution in [0.1, 0.15) is 49.7 Å². The predicted octanol–water partition coefficient (Wildman–Crippen LogP) is 4.79. The quantitative estimate of drug-likeness (QED) is 0.862. The Morgan fingerprint density at radius 1 is 1.05 bits per heavy atom. The second-order valence-electron chi connectivity index (χ2n) is 4.25. The molecule has 0 saturated carbocycles. The molecular formula is C16H20O3. The van der Waals surface area contributed by atoms with Gasteiger partial charge in [0.05, 0.1) is 0 Å². The maximum atomic E-state index is 10.7. The van der Waals surface area contributed by atoms with Crippen LogP contribution < -0.4 is 0 Å². The van der Waals surface area contributed by atoms with Crippen molar-refractivity contribution in [2.45, 2.75) is 33.6 Å².